The monoisotopic (exact) mass is 465 g/mol. The van der Waals surface area contributed by atoms with Crippen molar-refractivity contribution in [2.75, 3.05) is 38.1 Å². The van der Waals surface area contributed by atoms with Gasteiger partial charge in [0, 0.05) is 49.9 Å². The third-order valence-electron chi connectivity index (χ3n) is 6.19. The maximum atomic E-state index is 13.6. The van der Waals surface area contributed by atoms with Crippen LogP contribution >= 0.6 is 0 Å². The number of fused-ring (bicyclic) bond motifs is 1. The fourth-order valence-electron chi connectivity index (χ4n) is 4.58. The molecule has 0 N–H and O–H groups in total. The number of benzene rings is 1. The zero-order chi connectivity index (χ0) is 23.8. The van der Waals surface area contributed by atoms with E-state index in [0.29, 0.717) is 24.2 Å². The van der Waals surface area contributed by atoms with Crippen molar-refractivity contribution in [1.29, 1.82) is 5.26 Å². The van der Waals surface area contributed by atoms with Crippen molar-refractivity contribution in [3.05, 3.63) is 30.5 Å². The van der Waals surface area contributed by atoms with Crippen molar-refractivity contribution < 1.29 is 27.1 Å². The lowest BCUT2D eigenvalue weighted by atomic mass is 10.1. The van der Waals surface area contributed by atoms with Gasteiger partial charge in [0.2, 0.25) is 5.91 Å². The van der Waals surface area contributed by atoms with Crippen LogP contribution in [0.4, 0.5) is 23.2 Å². The molecule has 1 amide bonds. The van der Waals surface area contributed by atoms with Crippen LogP contribution in [0.1, 0.15) is 12.8 Å². The smallest absolute Gasteiger partial charge is 0.403 e. The summed E-state index contributed by atoms with van der Waals surface area (Å²) in [6, 6.07) is 7.43. The molecule has 0 unspecified atom stereocenters. The maximum Gasteiger partial charge on any atom is 0.573 e. The van der Waals surface area contributed by atoms with E-state index in [-0.39, 0.29) is 42.7 Å². The van der Waals surface area contributed by atoms with E-state index in [1.807, 2.05) is 22.9 Å². The number of alkyl halides is 4. The first-order chi connectivity index (χ1) is 15.7. The van der Waals surface area contributed by atoms with E-state index in [9.17, 15) is 22.4 Å². The van der Waals surface area contributed by atoms with Crippen molar-refractivity contribution in [1.82, 2.24) is 14.8 Å². The molecule has 0 spiro atoms. The van der Waals surface area contributed by atoms with E-state index in [1.54, 1.807) is 18.2 Å². The molecule has 7 nitrogen and oxygen atoms in total. The second-order valence-corrected chi connectivity index (χ2v) is 8.34. The Morgan fingerprint density at radius 2 is 2.12 bits per heavy atom. The molecular formula is C22H23F4N5O2. The Labute approximate surface area is 188 Å². The van der Waals surface area contributed by atoms with E-state index in [2.05, 4.69) is 9.72 Å². The number of nitriles is 1. The molecule has 0 saturated carbocycles. The minimum atomic E-state index is -4.82. The van der Waals surface area contributed by atoms with Crippen LogP contribution < -0.4 is 9.64 Å². The fourth-order valence-corrected chi connectivity index (χ4v) is 4.58. The van der Waals surface area contributed by atoms with Crippen LogP contribution in [0.15, 0.2) is 30.5 Å². The number of amides is 1. The highest BCUT2D eigenvalue weighted by atomic mass is 19.4. The highest BCUT2D eigenvalue weighted by molar-refractivity contribution is 5.95. The number of likely N-dealkylation sites (tertiary alicyclic amines) is 2. The molecule has 1 aromatic carbocycles. The van der Waals surface area contributed by atoms with Gasteiger partial charge < -0.3 is 14.5 Å². The third kappa shape index (κ3) is 4.95. The third-order valence-corrected chi connectivity index (χ3v) is 6.19. The Morgan fingerprint density at radius 1 is 1.33 bits per heavy atom. The molecule has 2 aliphatic rings. The molecule has 176 valence electrons. The summed E-state index contributed by atoms with van der Waals surface area (Å²) in [4.78, 5) is 21.9. The molecule has 2 aromatic rings. The van der Waals surface area contributed by atoms with Crippen LogP contribution in [0.5, 0.6) is 5.75 Å². The highest BCUT2D eigenvalue weighted by Gasteiger charge is 2.37. The van der Waals surface area contributed by atoms with Crippen LogP contribution in [0.25, 0.3) is 10.9 Å². The second-order valence-electron chi connectivity index (χ2n) is 8.34. The molecule has 2 aliphatic heterocycles. The molecule has 33 heavy (non-hydrogen) atoms. The molecule has 3 heterocycles. The average molecular weight is 465 g/mol. The van der Waals surface area contributed by atoms with E-state index >= 15 is 0 Å². The summed E-state index contributed by atoms with van der Waals surface area (Å²) in [6.45, 7) is 1.22. The largest absolute Gasteiger partial charge is 0.573 e. The number of hydrogen-bond acceptors (Lipinski definition) is 6. The van der Waals surface area contributed by atoms with Crippen LogP contribution in [0.2, 0.25) is 0 Å². The van der Waals surface area contributed by atoms with E-state index in [1.165, 1.54) is 17.2 Å². The average Bonchev–Trinajstić information content (AvgIpc) is 3.39. The number of pyridine rings is 1. The lowest BCUT2D eigenvalue weighted by Gasteiger charge is -2.29. The molecule has 0 bridgehead atoms. The molecule has 2 saturated heterocycles. The predicted octanol–water partition coefficient (Wildman–Crippen LogP) is 3.11. The summed E-state index contributed by atoms with van der Waals surface area (Å²) in [5, 5.41) is 9.69. The van der Waals surface area contributed by atoms with Gasteiger partial charge in [-0.25, -0.2) is 4.39 Å². The number of carbonyl (C=O) groups excluding carboxylic acids is 1. The second kappa shape index (κ2) is 9.02. The Morgan fingerprint density at radius 3 is 2.85 bits per heavy atom. The summed E-state index contributed by atoms with van der Waals surface area (Å²) in [5.41, 5.74) is 0.816. The first-order valence-corrected chi connectivity index (χ1v) is 10.6. The Hall–Kier alpha value is -3.13. The zero-order valence-corrected chi connectivity index (χ0v) is 17.9. The minimum Gasteiger partial charge on any atom is -0.403 e. The van der Waals surface area contributed by atoms with Gasteiger partial charge in [-0.1, -0.05) is 0 Å². The molecule has 1 aromatic heterocycles. The van der Waals surface area contributed by atoms with Gasteiger partial charge >= 0.3 is 6.36 Å². The van der Waals surface area contributed by atoms with Gasteiger partial charge in [-0.15, -0.1) is 13.2 Å². The van der Waals surface area contributed by atoms with Gasteiger partial charge in [-0.2, -0.15) is 5.26 Å². The summed E-state index contributed by atoms with van der Waals surface area (Å²) in [6.07, 6.45) is -3.81. The molecule has 11 heteroatoms. The van der Waals surface area contributed by atoms with E-state index in [0.717, 1.165) is 6.42 Å². The summed E-state index contributed by atoms with van der Waals surface area (Å²) < 4.78 is 56.1. The van der Waals surface area contributed by atoms with Crippen LogP contribution in [0, 0.1) is 11.3 Å². The lowest BCUT2D eigenvalue weighted by molar-refractivity contribution is -0.274. The van der Waals surface area contributed by atoms with Crippen molar-refractivity contribution in [3.8, 4) is 11.8 Å². The van der Waals surface area contributed by atoms with Gasteiger partial charge in [-0.3, -0.25) is 14.7 Å². The Kier molecular flexibility index (Phi) is 6.30. The molecule has 3 atom stereocenters. The van der Waals surface area contributed by atoms with Gasteiger partial charge in [0.1, 0.15) is 17.7 Å². The number of halogens is 4. The van der Waals surface area contributed by atoms with E-state index in [4.69, 9.17) is 5.26 Å². The Bertz CT molecular complexity index is 1070. The summed E-state index contributed by atoms with van der Waals surface area (Å²) in [7, 11) is 1.85. The predicted molar refractivity (Wildman–Crippen MR) is 112 cm³/mol. The van der Waals surface area contributed by atoms with Gasteiger partial charge in [0.05, 0.1) is 19.2 Å². The number of rotatable bonds is 5. The maximum absolute atomic E-state index is 13.6. The molecule has 4 rings (SSSR count). The minimum absolute atomic E-state index is 0.00913. The number of anilines is 1. The van der Waals surface area contributed by atoms with Crippen molar-refractivity contribution >= 4 is 22.5 Å². The van der Waals surface area contributed by atoms with E-state index < -0.39 is 18.6 Å². The fraction of sp³-hybridized carbons (Fsp3) is 0.500. The summed E-state index contributed by atoms with van der Waals surface area (Å²) >= 11 is 0. The standard InChI is InChI=1S/C22H23F4N5O2/c1-29(18-4-5-19(33-22(24,25)26)21-17(18)3-2-7-28-21)15-6-8-30(12-15)13-20(32)31-11-14(23)9-16(31)10-27/h2-5,7,14-16H,6,8-9,11-13H2,1H3/t14-,15-,16-/m0/s1. The quantitative estimate of drug-likeness (QED) is 0.632. The Balaban J connectivity index is 1.46. The summed E-state index contributed by atoms with van der Waals surface area (Å²) in [5.74, 6) is -0.633. The number of ether oxygens (including phenoxy) is 1. The molecule has 0 aliphatic carbocycles. The first kappa shape index (κ1) is 23.0. The topological polar surface area (TPSA) is 72.7 Å². The van der Waals surface area contributed by atoms with Crippen LogP contribution in [-0.4, -0.2) is 78.5 Å². The first-order valence-electron chi connectivity index (χ1n) is 10.6. The molecule has 2 fully saturated rings. The molecular weight excluding hydrogens is 442 g/mol. The lowest BCUT2D eigenvalue weighted by Crippen LogP contribution is -2.43. The number of carbonyl (C=O) groups is 1. The van der Waals surface area contributed by atoms with Crippen molar-refractivity contribution in [2.45, 2.75) is 37.5 Å². The number of hydrogen-bond donors (Lipinski definition) is 0. The SMILES string of the molecule is CN(c1ccc(OC(F)(F)F)c2ncccc12)[C@H]1CCN(CC(=O)N2C[C@@H](F)C[C@H]2C#N)C1. The number of nitrogens with zero attached hydrogens (tertiary/aromatic N) is 5. The van der Waals surface area contributed by atoms with Gasteiger partial charge in [-0.05, 0) is 30.7 Å². The van der Waals surface area contributed by atoms with Crippen LogP contribution in [-0.2, 0) is 4.79 Å². The normalized spacial score (nSPS) is 23.6. The van der Waals surface area contributed by atoms with Gasteiger partial charge in [0.15, 0.2) is 5.75 Å². The zero-order valence-electron chi connectivity index (χ0n) is 17.9. The van der Waals surface area contributed by atoms with Crippen LogP contribution in [0.3, 0.4) is 0 Å². The number of aromatic nitrogens is 1. The molecule has 0 radical (unpaired) electrons. The number of likely N-dealkylation sites (N-methyl/N-ethyl adjacent to an activating group) is 1. The highest BCUT2D eigenvalue weighted by Crippen LogP contribution is 2.36. The van der Waals surface area contributed by atoms with Gasteiger partial charge in [0.25, 0.3) is 0 Å². The van der Waals surface area contributed by atoms with Crippen molar-refractivity contribution in [2.24, 2.45) is 0 Å². The van der Waals surface area contributed by atoms with Crippen molar-refractivity contribution in [3.63, 3.8) is 0 Å².